The maximum Gasteiger partial charge on any atom is 0.323 e. The first kappa shape index (κ1) is 13.0. The minimum atomic E-state index is 0.109. The van der Waals surface area contributed by atoms with Crippen LogP contribution in [0.25, 0.3) is 10.8 Å². The van der Waals surface area contributed by atoms with Gasteiger partial charge in [-0.2, -0.15) is 15.0 Å². The van der Waals surface area contributed by atoms with E-state index in [1.54, 1.807) is 12.4 Å². The van der Waals surface area contributed by atoms with E-state index in [-0.39, 0.29) is 12.0 Å². The van der Waals surface area contributed by atoms with Gasteiger partial charge in [0.25, 0.3) is 0 Å². The van der Waals surface area contributed by atoms with Crippen molar-refractivity contribution in [1.29, 1.82) is 0 Å². The highest BCUT2D eigenvalue weighted by Gasteiger charge is 2.07. The van der Waals surface area contributed by atoms with Crippen molar-refractivity contribution in [3.05, 3.63) is 36.7 Å². The molecule has 0 aliphatic rings. The average molecular weight is 282 g/mol. The van der Waals surface area contributed by atoms with Gasteiger partial charge in [-0.1, -0.05) is 12.1 Å². The first-order chi connectivity index (χ1) is 10.3. The second-order valence-corrected chi connectivity index (χ2v) is 4.26. The molecule has 3 rings (SSSR count). The summed E-state index contributed by atoms with van der Waals surface area (Å²) in [5.41, 5.74) is 6.53. The molecular weight excluding hydrogens is 268 g/mol. The van der Waals surface area contributed by atoms with Crippen molar-refractivity contribution in [2.75, 3.05) is 17.7 Å². The number of nitrogens with zero attached hydrogens (tertiary/aromatic N) is 4. The number of nitrogens with two attached hydrogens (primary N) is 1. The molecule has 1 aromatic carbocycles. The summed E-state index contributed by atoms with van der Waals surface area (Å²) in [7, 11) is 0. The molecule has 3 N–H and O–H groups in total. The molecule has 0 aliphatic carbocycles. The lowest BCUT2D eigenvalue weighted by atomic mass is 10.1. The smallest absolute Gasteiger partial charge is 0.323 e. The van der Waals surface area contributed by atoms with Crippen LogP contribution in [0.2, 0.25) is 0 Å². The summed E-state index contributed by atoms with van der Waals surface area (Å²) >= 11 is 0. The lowest BCUT2D eigenvalue weighted by Gasteiger charge is -2.09. The minimum absolute atomic E-state index is 0.109. The largest absolute Gasteiger partial charge is 0.464 e. The Kier molecular flexibility index (Phi) is 3.46. The van der Waals surface area contributed by atoms with Crippen molar-refractivity contribution in [2.24, 2.45) is 0 Å². The molecule has 0 saturated carbocycles. The number of anilines is 3. The quantitative estimate of drug-likeness (QED) is 0.756. The fraction of sp³-hybridized carbons (Fsp3) is 0.143. The van der Waals surface area contributed by atoms with Gasteiger partial charge in [-0.25, -0.2) is 0 Å². The Morgan fingerprint density at radius 3 is 2.95 bits per heavy atom. The maximum absolute atomic E-state index is 5.66. The van der Waals surface area contributed by atoms with Crippen LogP contribution in [0.4, 0.5) is 17.6 Å². The van der Waals surface area contributed by atoms with Crippen LogP contribution in [0.1, 0.15) is 6.92 Å². The van der Waals surface area contributed by atoms with E-state index >= 15 is 0 Å². The Hall–Kier alpha value is -2.96. The van der Waals surface area contributed by atoms with E-state index in [2.05, 4.69) is 25.3 Å². The molecule has 0 aliphatic heterocycles. The molecule has 3 aromatic rings. The van der Waals surface area contributed by atoms with Crippen LogP contribution in [-0.4, -0.2) is 26.5 Å². The fourth-order valence-corrected chi connectivity index (χ4v) is 1.97. The van der Waals surface area contributed by atoms with E-state index in [9.17, 15) is 0 Å². The second kappa shape index (κ2) is 5.58. The van der Waals surface area contributed by atoms with Gasteiger partial charge < -0.3 is 15.8 Å². The first-order valence-corrected chi connectivity index (χ1v) is 6.50. The molecule has 0 atom stereocenters. The van der Waals surface area contributed by atoms with Gasteiger partial charge in [0.15, 0.2) is 0 Å². The Morgan fingerprint density at radius 2 is 2.10 bits per heavy atom. The minimum Gasteiger partial charge on any atom is -0.464 e. The molecule has 0 spiro atoms. The van der Waals surface area contributed by atoms with Crippen molar-refractivity contribution in [3.8, 4) is 6.01 Å². The zero-order valence-electron chi connectivity index (χ0n) is 11.4. The van der Waals surface area contributed by atoms with Crippen LogP contribution < -0.4 is 15.8 Å². The zero-order valence-corrected chi connectivity index (χ0v) is 11.4. The lowest BCUT2D eigenvalue weighted by Crippen LogP contribution is -2.06. The summed E-state index contributed by atoms with van der Waals surface area (Å²) in [6, 6.07) is 7.98. The number of hydrogen-bond donors (Lipinski definition) is 2. The molecule has 0 saturated heterocycles. The van der Waals surface area contributed by atoms with Crippen molar-refractivity contribution in [2.45, 2.75) is 6.92 Å². The molecule has 7 nitrogen and oxygen atoms in total. The Balaban J connectivity index is 1.98. The molecule has 0 unspecified atom stereocenters. The first-order valence-electron chi connectivity index (χ1n) is 6.50. The lowest BCUT2D eigenvalue weighted by molar-refractivity contribution is 0.312. The summed E-state index contributed by atoms with van der Waals surface area (Å²) in [5.74, 6) is 0.452. The van der Waals surface area contributed by atoms with Crippen molar-refractivity contribution in [1.82, 2.24) is 19.9 Å². The number of ether oxygens (including phenoxy) is 1. The number of nitrogen functional groups attached to an aromatic ring is 1. The number of rotatable bonds is 4. The molecule has 7 heteroatoms. The number of benzene rings is 1. The molecule has 106 valence electrons. The highest BCUT2D eigenvalue weighted by Crippen LogP contribution is 2.24. The van der Waals surface area contributed by atoms with Crippen LogP contribution in [-0.2, 0) is 0 Å². The third kappa shape index (κ3) is 2.81. The van der Waals surface area contributed by atoms with E-state index in [0.29, 0.717) is 12.6 Å². The molecule has 0 radical (unpaired) electrons. The van der Waals surface area contributed by atoms with Crippen LogP contribution in [0.15, 0.2) is 36.7 Å². The average Bonchev–Trinajstić information content (AvgIpc) is 2.47. The third-order valence-electron chi connectivity index (χ3n) is 2.83. The summed E-state index contributed by atoms with van der Waals surface area (Å²) in [4.78, 5) is 16.3. The predicted molar refractivity (Wildman–Crippen MR) is 80.4 cm³/mol. The Labute approximate surface area is 121 Å². The molecule has 2 heterocycles. The summed E-state index contributed by atoms with van der Waals surface area (Å²) in [5, 5.41) is 5.18. The summed E-state index contributed by atoms with van der Waals surface area (Å²) < 4.78 is 5.26. The van der Waals surface area contributed by atoms with E-state index in [4.69, 9.17) is 10.5 Å². The van der Waals surface area contributed by atoms with E-state index in [1.165, 1.54) is 0 Å². The van der Waals surface area contributed by atoms with Gasteiger partial charge in [-0.3, -0.25) is 4.98 Å². The number of fused-ring (bicyclic) bond motifs is 1. The summed E-state index contributed by atoms with van der Waals surface area (Å²) in [6.45, 7) is 2.31. The van der Waals surface area contributed by atoms with Gasteiger partial charge in [0.2, 0.25) is 11.9 Å². The monoisotopic (exact) mass is 282 g/mol. The second-order valence-electron chi connectivity index (χ2n) is 4.26. The van der Waals surface area contributed by atoms with Gasteiger partial charge >= 0.3 is 6.01 Å². The molecule has 21 heavy (non-hydrogen) atoms. The van der Waals surface area contributed by atoms with Gasteiger partial charge in [0, 0.05) is 28.9 Å². The van der Waals surface area contributed by atoms with Crippen molar-refractivity contribution < 1.29 is 4.74 Å². The normalized spacial score (nSPS) is 10.5. The van der Waals surface area contributed by atoms with Gasteiger partial charge in [-0.05, 0) is 19.1 Å². The number of pyridine rings is 1. The molecule has 2 aromatic heterocycles. The van der Waals surface area contributed by atoms with Crippen LogP contribution in [0.5, 0.6) is 6.01 Å². The number of aromatic nitrogens is 4. The SMILES string of the molecule is CCOc1nc(N)nc(Nc2cccc3cnccc23)n1. The predicted octanol–water partition coefficient (Wildman–Crippen LogP) is 2.14. The standard InChI is InChI=1S/C14H14N6O/c1-2-21-14-19-12(15)18-13(20-14)17-11-5-3-4-9-8-16-7-6-10(9)11/h3-8H,2H2,1H3,(H3,15,17,18,19,20). The van der Waals surface area contributed by atoms with E-state index in [1.807, 2.05) is 31.2 Å². The maximum atomic E-state index is 5.66. The van der Waals surface area contributed by atoms with E-state index < -0.39 is 0 Å². The highest BCUT2D eigenvalue weighted by molar-refractivity contribution is 5.94. The van der Waals surface area contributed by atoms with Crippen LogP contribution in [0, 0.1) is 0 Å². The Bertz CT molecular complexity index is 771. The molecule has 0 bridgehead atoms. The zero-order chi connectivity index (χ0) is 14.7. The molecule has 0 amide bonds. The number of nitrogens with one attached hydrogen (secondary N) is 1. The Morgan fingerprint density at radius 1 is 1.19 bits per heavy atom. The third-order valence-corrected chi connectivity index (χ3v) is 2.83. The van der Waals surface area contributed by atoms with Gasteiger partial charge in [0.05, 0.1) is 6.61 Å². The van der Waals surface area contributed by atoms with Gasteiger partial charge in [-0.15, -0.1) is 0 Å². The van der Waals surface area contributed by atoms with E-state index in [0.717, 1.165) is 16.5 Å². The fourth-order valence-electron chi connectivity index (χ4n) is 1.97. The molecular formula is C14H14N6O. The highest BCUT2D eigenvalue weighted by atomic mass is 16.5. The molecule has 0 fully saturated rings. The number of hydrogen-bond acceptors (Lipinski definition) is 7. The van der Waals surface area contributed by atoms with Crippen LogP contribution in [0.3, 0.4) is 0 Å². The van der Waals surface area contributed by atoms with Crippen LogP contribution >= 0.6 is 0 Å². The van der Waals surface area contributed by atoms with Gasteiger partial charge in [0.1, 0.15) is 0 Å². The van der Waals surface area contributed by atoms with Crippen molar-refractivity contribution in [3.63, 3.8) is 0 Å². The summed E-state index contributed by atoms with van der Waals surface area (Å²) in [6.07, 6.45) is 3.54. The van der Waals surface area contributed by atoms with Crippen molar-refractivity contribution >= 4 is 28.4 Å². The topological polar surface area (TPSA) is 98.8 Å².